The Morgan fingerprint density at radius 1 is 1.10 bits per heavy atom. The summed E-state index contributed by atoms with van der Waals surface area (Å²) in [4.78, 5) is 7.41. The third kappa shape index (κ3) is 3.75. The number of fused-ring (bicyclic) bond motifs is 3. The molecule has 1 N–H and O–H groups in total. The lowest BCUT2D eigenvalue weighted by molar-refractivity contribution is -0.931. The van der Waals surface area contributed by atoms with Crippen LogP contribution in [0.25, 0.3) is 10.9 Å². The van der Waals surface area contributed by atoms with Crippen molar-refractivity contribution in [1.82, 2.24) is 4.98 Å². The minimum atomic E-state index is -0.270. The van der Waals surface area contributed by atoms with E-state index in [1.54, 1.807) is 12.1 Å². The van der Waals surface area contributed by atoms with E-state index in [0.717, 1.165) is 39.8 Å². The predicted molar refractivity (Wildman–Crippen MR) is 121 cm³/mol. The van der Waals surface area contributed by atoms with Gasteiger partial charge in [-0.2, -0.15) is 0 Å². The van der Waals surface area contributed by atoms with Crippen molar-refractivity contribution >= 4 is 34.1 Å². The van der Waals surface area contributed by atoms with Gasteiger partial charge >= 0.3 is 0 Å². The van der Waals surface area contributed by atoms with E-state index in [-0.39, 0.29) is 5.90 Å². The van der Waals surface area contributed by atoms with Crippen molar-refractivity contribution in [2.45, 2.75) is 38.3 Å². The lowest BCUT2D eigenvalue weighted by Crippen LogP contribution is -2.50. The topological polar surface area (TPSA) is 51.2 Å². The zero-order valence-electron chi connectivity index (χ0n) is 17.6. The maximum atomic E-state index is 12.6. The summed E-state index contributed by atoms with van der Waals surface area (Å²) in [7, 11) is 4.74. The monoisotopic (exact) mass is 421 g/mol. The Labute approximate surface area is 182 Å². The summed E-state index contributed by atoms with van der Waals surface area (Å²) < 4.78 is 1.05. The molecular weight excluding hydrogens is 394 g/mol. The molecule has 1 aromatic heterocycles. The molecule has 5 rings (SSSR count). The third-order valence-electron chi connectivity index (χ3n) is 7.17. The van der Waals surface area contributed by atoms with Crippen molar-refractivity contribution in [3.63, 3.8) is 0 Å². The Hall–Kier alpha value is -2.30. The van der Waals surface area contributed by atoms with Crippen LogP contribution in [-0.2, 0) is 6.54 Å². The number of aliphatic imine (C=N–C) groups is 1. The van der Waals surface area contributed by atoms with Crippen molar-refractivity contribution in [3.05, 3.63) is 64.8 Å². The van der Waals surface area contributed by atoms with Crippen LogP contribution in [0.3, 0.4) is 0 Å². The van der Waals surface area contributed by atoms with E-state index in [2.05, 4.69) is 36.2 Å². The number of halogens is 1. The molecule has 0 amide bonds. The number of nitrogens with zero attached hydrogens (tertiary/aromatic N) is 2. The van der Waals surface area contributed by atoms with Gasteiger partial charge in [-0.25, -0.2) is 0 Å². The molecule has 0 radical (unpaired) electrons. The molecule has 0 spiro atoms. The van der Waals surface area contributed by atoms with Crippen LogP contribution in [0.1, 0.15) is 36.9 Å². The van der Waals surface area contributed by atoms with Crippen LogP contribution in [0, 0.1) is 11.8 Å². The Kier molecular flexibility index (Phi) is 4.87. The van der Waals surface area contributed by atoms with Crippen LogP contribution in [0.4, 0.5) is 5.69 Å². The molecule has 3 atom stereocenters. The van der Waals surface area contributed by atoms with Gasteiger partial charge in [0.15, 0.2) is 0 Å². The van der Waals surface area contributed by atoms with E-state index >= 15 is 0 Å². The summed E-state index contributed by atoms with van der Waals surface area (Å²) in [6, 6.07) is 16.2. The smallest absolute Gasteiger partial charge is 0.104 e. The first-order valence-corrected chi connectivity index (χ1v) is 11.2. The van der Waals surface area contributed by atoms with E-state index in [9.17, 15) is 5.11 Å². The molecule has 5 heteroatoms. The second-order valence-corrected chi connectivity index (χ2v) is 10.1. The van der Waals surface area contributed by atoms with Gasteiger partial charge in [0.1, 0.15) is 6.54 Å². The van der Waals surface area contributed by atoms with Gasteiger partial charge in [-0.05, 0) is 61.6 Å². The van der Waals surface area contributed by atoms with Gasteiger partial charge in [0.25, 0.3) is 0 Å². The third-order valence-corrected chi connectivity index (χ3v) is 7.40. The summed E-state index contributed by atoms with van der Waals surface area (Å²) in [5, 5.41) is 14.2. The summed E-state index contributed by atoms with van der Waals surface area (Å²) in [6.45, 7) is 1.02. The number of rotatable bonds is 5. The summed E-state index contributed by atoms with van der Waals surface area (Å²) in [5.74, 6) is 1.60. The number of benzene rings is 2. The van der Waals surface area contributed by atoms with Crippen molar-refractivity contribution in [1.29, 1.82) is 0 Å². The second kappa shape index (κ2) is 7.44. The lowest BCUT2D eigenvalue weighted by atomic mass is 9.92. The van der Waals surface area contributed by atoms with Crippen molar-refractivity contribution < 1.29 is 9.59 Å². The van der Waals surface area contributed by atoms with Crippen LogP contribution < -0.4 is 5.11 Å². The molecule has 2 aliphatic carbocycles. The molecule has 2 fully saturated rings. The van der Waals surface area contributed by atoms with Crippen LogP contribution in [0.2, 0.25) is 5.02 Å². The normalized spacial score (nSPS) is 24.1. The highest BCUT2D eigenvalue weighted by Gasteiger charge is 2.47. The zero-order valence-corrected chi connectivity index (χ0v) is 18.3. The second-order valence-electron chi connectivity index (χ2n) is 9.68. The van der Waals surface area contributed by atoms with Crippen LogP contribution in [-0.4, -0.2) is 35.5 Å². The fraction of sp³-hybridized carbons (Fsp3) is 0.400. The highest BCUT2D eigenvalue weighted by atomic mass is 35.5. The summed E-state index contributed by atoms with van der Waals surface area (Å²) in [6.07, 6.45) is 5.67. The van der Waals surface area contributed by atoms with Crippen molar-refractivity contribution in [2.24, 2.45) is 16.8 Å². The van der Waals surface area contributed by atoms with Crippen molar-refractivity contribution in [2.75, 3.05) is 14.1 Å². The zero-order chi connectivity index (χ0) is 20.9. The first kappa shape index (κ1) is 19.7. The molecule has 2 aromatic carbocycles. The molecule has 3 unspecified atom stereocenters. The van der Waals surface area contributed by atoms with Gasteiger partial charge in [0.05, 0.1) is 31.5 Å². The van der Waals surface area contributed by atoms with Gasteiger partial charge in [-0.15, -0.1) is 0 Å². The van der Waals surface area contributed by atoms with Crippen LogP contribution >= 0.6 is 11.6 Å². The fourth-order valence-electron chi connectivity index (χ4n) is 5.73. The Bertz CT molecular complexity index is 1100. The molecule has 0 saturated heterocycles. The number of aromatic amines is 1. The van der Waals surface area contributed by atoms with E-state index < -0.39 is 0 Å². The molecule has 2 aliphatic rings. The summed E-state index contributed by atoms with van der Waals surface area (Å²) >= 11 is 6.03. The minimum absolute atomic E-state index is 0.270. The highest BCUT2D eigenvalue weighted by Crippen LogP contribution is 2.48. The average Bonchev–Trinajstić information content (AvgIpc) is 3.44. The number of aromatic nitrogens is 1. The SMILES string of the molecule is C[N+](C)(Cc1ccc(N=C([O-])c2cc3cc(Cl)ccc3[nH]2)cc1)C1CC2CCC1C2. The molecule has 30 heavy (non-hydrogen) atoms. The standard InChI is InChI=1S/C25H28ClN3O/c1-29(2,24-12-17-3-6-18(24)11-17)15-16-4-8-21(9-5-16)27-25(30)23-14-19-13-20(26)7-10-22(19)28-23/h4-5,7-10,13-14,17-18,24H,3,6,11-12,15H2,1-2H3,(H-,27,28,30). The number of hydrogen-bond donors (Lipinski definition) is 1. The van der Waals surface area contributed by atoms with E-state index in [4.69, 9.17) is 11.6 Å². The fourth-order valence-corrected chi connectivity index (χ4v) is 5.91. The molecule has 2 bridgehead atoms. The van der Waals surface area contributed by atoms with Gasteiger partial charge in [-0.1, -0.05) is 23.7 Å². The Balaban J connectivity index is 1.30. The van der Waals surface area contributed by atoms with Gasteiger partial charge in [0.2, 0.25) is 0 Å². The van der Waals surface area contributed by atoms with Crippen LogP contribution in [0.15, 0.2) is 53.5 Å². The Morgan fingerprint density at radius 2 is 1.90 bits per heavy atom. The quantitative estimate of drug-likeness (QED) is 0.351. The Morgan fingerprint density at radius 3 is 2.60 bits per heavy atom. The predicted octanol–water partition coefficient (Wildman–Crippen LogP) is 5.02. The summed E-state index contributed by atoms with van der Waals surface area (Å²) in [5.41, 5.74) is 3.35. The first-order chi connectivity index (χ1) is 14.4. The van der Waals surface area contributed by atoms with Gasteiger partial charge < -0.3 is 14.6 Å². The maximum absolute atomic E-state index is 12.6. The molecule has 2 saturated carbocycles. The van der Waals surface area contributed by atoms with Gasteiger partial charge in [-0.3, -0.25) is 4.99 Å². The largest absolute Gasteiger partial charge is 0.857 e. The lowest BCUT2D eigenvalue weighted by Gasteiger charge is -2.40. The van der Waals surface area contributed by atoms with Crippen LogP contribution in [0.5, 0.6) is 0 Å². The maximum Gasteiger partial charge on any atom is 0.104 e. The minimum Gasteiger partial charge on any atom is -0.857 e. The van der Waals surface area contributed by atoms with Crippen molar-refractivity contribution in [3.8, 4) is 0 Å². The van der Waals surface area contributed by atoms with E-state index in [1.165, 1.54) is 31.2 Å². The number of quaternary nitrogens is 1. The highest BCUT2D eigenvalue weighted by molar-refractivity contribution is 6.31. The number of hydrogen-bond acceptors (Lipinski definition) is 2. The number of H-pyrrole nitrogens is 1. The molecule has 0 aliphatic heterocycles. The molecule has 1 heterocycles. The molecule has 156 valence electrons. The average molecular weight is 422 g/mol. The first-order valence-electron chi connectivity index (χ1n) is 10.8. The molecular formula is C25H28ClN3O. The van der Waals surface area contributed by atoms with E-state index in [0.29, 0.717) is 16.4 Å². The van der Waals surface area contributed by atoms with Gasteiger partial charge in [0, 0.05) is 39.7 Å². The molecule has 4 nitrogen and oxygen atoms in total. The number of nitrogens with one attached hydrogen (secondary N) is 1. The molecule has 3 aromatic rings. The van der Waals surface area contributed by atoms with E-state index in [1.807, 2.05) is 24.3 Å².